The van der Waals surface area contributed by atoms with Gasteiger partial charge in [-0.15, -0.1) is 0 Å². The third kappa shape index (κ3) is 3.85. The average molecular weight is 407 g/mol. The molecular weight excluding hydrogens is 393 g/mol. The van der Waals surface area contributed by atoms with Crippen LogP contribution in [0.5, 0.6) is 0 Å². The number of alkyl halides is 3. The Balaban J connectivity index is 1.69. The maximum atomic E-state index is 14.5. The Kier molecular flexibility index (Phi) is 4.60. The van der Waals surface area contributed by atoms with Crippen LogP contribution in [0.2, 0.25) is 0 Å². The lowest BCUT2D eigenvalue weighted by atomic mass is 10.2. The standard InChI is InChI=1S/C20H14F5N3O/c21-14-8-13(28-16(11-6-7-11)10-17(27-28)20(23,24)25)9-15(22)18(14)26-19(29)12-4-2-1-3-5-12/h1-5,8-11H,6-7H2,(H,26,29). The van der Waals surface area contributed by atoms with Gasteiger partial charge in [-0.3, -0.25) is 4.79 Å². The van der Waals surface area contributed by atoms with Crippen molar-refractivity contribution in [2.45, 2.75) is 24.9 Å². The first-order valence-corrected chi connectivity index (χ1v) is 8.77. The molecule has 1 amide bonds. The molecule has 0 spiro atoms. The first kappa shape index (κ1) is 19.1. The Morgan fingerprint density at radius 2 is 1.66 bits per heavy atom. The predicted molar refractivity (Wildman–Crippen MR) is 94.9 cm³/mol. The molecule has 4 nitrogen and oxygen atoms in total. The summed E-state index contributed by atoms with van der Waals surface area (Å²) >= 11 is 0. The lowest BCUT2D eigenvalue weighted by Crippen LogP contribution is -2.15. The van der Waals surface area contributed by atoms with Crippen LogP contribution in [0.25, 0.3) is 5.69 Å². The Labute approximate surface area is 162 Å². The van der Waals surface area contributed by atoms with Gasteiger partial charge in [0.1, 0.15) is 5.69 Å². The Morgan fingerprint density at radius 1 is 1.03 bits per heavy atom. The quantitative estimate of drug-likeness (QED) is 0.597. The van der Waals surface area contributed by atoms with Crippen molar-refractivity contribution in [2.75, 3.05) is 5.32 Å². The summed E-state index contributed by atoms with van der Waals surface area (Å²) in [4.78, 5) is 12.2. The molecule has 1 aliphatic carbocycles. The zero-order valence-corrected chi connectivity index (χ0v) is 14.8. The second-order valence-electron chi connectivity index (χ2n) is 6.74. The predicted octanol–water partition coefficient (Wildman–Crippen LogP) is 5.30. The molecule has 29 heavy (non-hydrogen) atoms. The number of carbonyl (C=O) groups excluding carboxylic acids is 1. The van der Waals surface area contributed by atoms with Crippen LogP contribution in [-0.4, -0.2) is 15.7 Å². The smallest absolute Gasteiger partial charge is 0.317 e. The molecule has 1 N–H and O–H groups in total. The van der Waals surface area contributed by atoms with Crippen molar-refractivity contribution in [3.05, 3.63) is 77.1 Å². The summed E-state index contributed by atoms with van der Waals surface area (Å²) in [5, 5.41) is 5.66. The molecule has 3 aromatic rings. The lowest BCUT2D eigenvalue weighted by molar-refractivity contribution is -0.141. The van der Waals surface area contributed by atoms with Gasteiger partial charge in [0.2, 0.25) is 0 Å². The van der Waals surface area contributed by atoms with Crippen LogP contribution in [0.3, 0.4) is 0 Å². The highest BCUT2D eigenvalue weighted by atomic mass is 19.4. The van der Waals surface area contributed by atoms with Crippen LogP contribution in [0.1, 0.15) is 40.5 Å². The fourth-order valence-corrected chi connectivity index (χ4v) is 2.99. The van der Waals surface area contributed by atoms with Crippen molar-refractivity contribution in [3.8, 4) is 5.69 Å². The van der Waals surface area contributed by atoms with Crippen LogP contribution in [0.15, 0.2) is 48.5 Å². The molecule has 0 atom stereocenters. The zero-order chi connectivity index (χ0) is 20.8. The molecule has 0 unspecified atom stereocenters. The van der Waals surface area contributed by atoms with Gasteiger partial charge in [-0.25, -0.2) is 13.5 Å². The Hall–Kier alpha value is -3.23. The highest BCUT2D eigenvalue weighted by Gasteiger charge is 2.38. The van der Waals surface area contributed by atoms with E-state index in [2.05, 4.69) is 10.4 Å². The molecule has 1 saturated carbocycles. The molecule has 150 valence electrons. The van der Waals surface area contributed by atoms with E-state index in [1.807, 2.05) is 0 Å². The minimum Gasteiger partial charge on any atom is -0.317 e. The monoisotopic (exact) mass is 407 g/mol. The largest absolute Gasteiger partial charge is 0.435 e. The number of halogens is 5. The number of anilines is 1. The second-order valence-corrected chi connectivity index (χ2v) is 6.74. The highest BCUT2D eigenvalue weighted by Crippen LogP contribution is 2.43. The summed E-state index contributed by atoms with van der Waals surface area (Å²) in [6, 6.07) is 10.4. The van der Waals surface area contributed by atoms with E-state index < -0.39 is 35.1 Å². The van der Waals surface area contributed by atoms with Gasteiger partial charge in [-0.05, 0) is 31.0 Å². The fourth-order valence-electron chi connectivity index (χ4n) is 2.99. The van der Waals surface area contributed by atoms with E-state index in [1.165, 1.54) is 12.1 Å². The van der Waals surface area contributed by atoms with Crippen molar-refractivity contribution in [2.24, 2.45) is 0 Å². The number of aromatic nitrogens is 2. The van der Waals surface area contributed by atoms with Gasteiger partial charge in [0, 0.05) is 29.3 Å². The molecule has 0 saturated heterocycles. The van der Waals surface area contributed by atoms with E-state index in [0.717, 1.165) is 22.9 Å². The number of carbonyl (C=O) groups is 1. The number of hydrogen-bond donors (Lipinski definition) is 1. The molecule has 0 radical (unpaired) electrons. The fraction of sp³-hybridized carbons (Fsp3) is 0.200. The van der Waals surface area contributed by atoms with Crippen LogP contribution < -0.4 is 5.32 Å². The highest BCUT2D eigenvalue weighted by molar-refractivity contribution is 6.04. The second kappa shape index (κ2) is 6.98. The Bertz CT molecular complexity index is 1050. The van der Waals surface area contributed by atoms with Gasteiger partial charge in [-0.2, -0.15) is 18.3 Å². The van der Waals surface area contributed by atoms with Crippen molar-refractivity contribution in [3.63, 3.8) is 0 Å². The Morgan fingerprint density at radius 3 is 2.21 bits per heavy atom. The van der Waals surface area contributed by atoms with Crippen LogP contribution >= 0.6 is 0 Å². The number of amides is 1. The molecule has 9 heteroatoms. The number of benzene rings is 2. The zero-order valence-electron chi connectivity index (χ0n) is 14.8. The van der Waals surface area contributed by atoms with E-state index >= 15 is 0 Å². The first-order valence-electron chi connectivity index (χ1n) is 8.77. The molecule has 1 fully saturated rings. The van der Waals surface area contributed by atoms with Gasteiger partial charge in [0.15, 0.2) is 17.3 Å². The molecule has 0 aliphatic heterocycles. The molecular formula is C20H14F5N3O. The van der Waals surface area contributed by atoms with E-state index in [-0.39, 0.29) is 22.9 Å². The van der Waals surface area contributed by atoms with Crippen molar-refractivity contribution in [1.82, 2.24) is 9.78 Å². The van der Waals surface area contributed by atoms with Crippen LogP contribution in [-0.2, 0) is 6.18 Å². The summed E-state index contributed by atoms with van der Waals surface area (Å²) in [6.45, 7) is 0. The van der Waals surface area contributed by atoms with Gasteiger partial charge in [0.05, 0.1) is 5.69 Å². The van der Waals surface area contributed by atoms with E-state index in [1.54, 1.807) is 18.2 Å². The third-order valence-corrected chi connectivity index (χ3v) is 4.57. The summed E-state index contributed by atoms with van der Waals surface area (Å²) < 4.78 is 69.1. The summed E-state index contributed by atoms with van der Waals surface area (Å²) in [5.41, 5.74) is -1.54. The van der Waals surface area contributed by atoms with Gasteiger partial charge in [0.25, 0.3) is 5.91 Å². The summed E-state index contributed by atoms with van der Waals surface area (Å²) in [7, 11) is 0. The van der Waals surface area contributed by atoms with Crippen LogP contribution in [0.4, 0.5) is 27.6 Å². The van der Waals surface area contributed by atoms with Crippen LogP contribution in [0, 0.1) is 11.6 Å². The number of nitrogens with zero attached hydrogens (tertiary/aromatic N) is 2. The molecule has 1 heterocycles. The van der Waals surface area contributed by atoms with Crippen molar-refractivity contribution >= 4 is 11.6 Å². The van der Waals surface area contributed by atoms with Crippen molar-refractivity contribution in [1.29, 1.82) is 0 Å². The van der Waals surface area contributed by atoms with E-state index in [0.29, 0.717) is 12.8 Å². The molecule has 1 aliphatic rings. The average Bonchev–Trinajstić information content (AvgIpc) is 3.41. The molecule has 4 rings (SSSR count). The maximum absolute atomic E-state index is 14.5. The van der Waals surface area contributed by atoms with Gasteiger partial charge >= 0.3 is 6.18 Å². The number of hydrogen-bond acceptors (Lipinski definition) is 2. The maximum Gasteiger partial charge on any atom is 0.435 e. The minimum absolute atomic E-state index is 0.137. The van der Waals surface area contributed by atoms with Gasteiger partial charge in [-0.1, -0.05) is 18.2 Å². The SMILES string of the molecule is O=C(Nc1c(F)cc(-n2nc(C(F)(F)F)cc2C2CC2)cc1F)c1ccccc1. The van der Waals surface area contributed by atoms with Crippen molar-refractivity contribution < 1.29 is 26.7 Å². The third-order valence-electron chi connectivity index (χ3n) is 4.57. The minimum atomic E-state index is -4.67. The van der Waals surface area contributed by atoms with E-state index in [9.17, 15) is 26.7 Å². The lowest BCUT2D eigenvalue weighted by Gasteiger charge is -2.12. The number of rotatable bonds is 4. The van der Waals surface area contributed by atoms with Gasteiger partial charge < -0.3 is 5.32 Å². The molecule has 0 bridgehead atoms. The number of nitrogens with one attached hydrogen (secondary N) is 1. The topological polar surface area (TPSA) is 46.9 Å². The normalized spacial score (nSPS) is 14.1. The summed E-state index contributed by atoms with van der Waals surface area (Å²) in [5.74, 6) is -3.08. The molecule has 1 aromatic heterocycles. The summed E-state index contributed by atoms with van der Waals surface area (Å²) in [6.07, 6.45) is -3.31. The first-order chi connectivity index (χ1) is 13.7. The van der Waals surface area contributed by atoms with E-state index in [4.69, 9.17) is 0 Å². The molecule has 2 aromatic carbocycles.